The summed E-state index contributed by atoms with van der Waals surface area (Å²) in [6.07, 6.45) is 1.04. The van der Waals surface area contributed by atoms with E-state index in [-0.39, 0.29) is 11.7 Å². The fourth-order valence-corrected chi connectivity index (χ4v) is 2.08. The summed E-state index contributed by atoms with van der Waals surface area (Å²) in [5, 5.41) is 0. The van der Waals surface area contributed by atoms with Crippen molar-refractivity contribution in [2.75, 3.05) is 26.4 Å². The number of rotatable bonds is 5. The molecule has 1 fully saturated rings. The van der Waals surface area contributed by atoms with Crippen LogP contribution in [0.5, 0.6) is 5.75 Å². The summed E-state index contributed by atoms with van der Waals surface area (Å²) in [7, 11) is 0. The lowest BCUT2D eigenvalue weighted by Gasteiger charge is -2.20. The molecule has 1 aliphatic heterocycles. The first kappa shape index (κ1) is 12.3. The van der Waals surface area contributed by atoms with Gasteiger partial charge in [-0.25, -0.2) is 4.39 Å². The van der Waals surface area contributed by atoms with Crippen LogP contribution in [0.25, 0.3) is 0 Å². The summed E-state index contributed by atoms with van der Waals surface area (Å²) in [4.78, 5) is 0. The van der Waals surface area contributed by atoms with E-state index in [2.05, 4.69) is 0 Å². The first-order valence-electron chi connectivity index (χ1n) is 5.96. The van der Waals surface area contributed by atoms with Crippen molar-refractivity contribution >= 4 is 0 Å². The van der Waals surface area contributed by atoms with E-state index in [1.54, 1.807) is 12.1 Å². The molecule has 2 unspecified atom stereocenters. The number of nitrogens with two attached hydrogens (primary N) is 1. The average molecular weight is 239 g/mol. The topological polar surface area (TPSA) is 44.5 Å². The number of benzene rings is 1. The van der Waals surface area contributed by atoms with Gasteiger partial charge in [-0.2, -0.15) is 0 Å². The van der Waals surface area contributed by atoms with E-state index in [9.17, 15) is 4.39 Å². The van der Waals surface area contributed by atoms with Gasteiger partial charge in [0.2, 0.25) is 0 Å². The molecular formula is C13H18FNO2. The van der Waals surface area contributed by atoms with Gasteiger partial charge < -0.3 is 15.2 Å². The van der Waals surface area contributed by atoms with Crippen LogP contribution in [0.3, 0.4) is 0 Å². The third kappa shape index (κ3) is 3.41. The molecule has 4 heteroatoms. The Kier molecular flexibility index (Phi) is 4.34. The summed E-state index contributed by atoms with van der Waals surface area (Å²) in [6, 6.07) is 6.18. The number of hydrogen-bond donors (Lipinski definition) is 1. The third-order valence-electron chi connectivity index (χ3n) is 3.19. The molecule has 0 spiro atoms. The summed E-state index contributed by atoms with van der Waals surface area (Å²) in [6.45, 7) is 2.66. The zero-order valence-corrected chi connectivity index (χ0v) is 9.77. The van der Waals surface area contributed by atoms with E-state index in [1.165, 1.54) is 12.1 Å². The summed E-state index contributed by atoms with van der Waals surface area (Å²) in [5.41, 5.74) is 5.74. The van der Waals surface area contributed by atoms with Crippen LogP contribution in [0.1, 0.15) is 6.42 Å². The zero-order chi connectivity index (χ0) is 12.1. The minimum absolute atomic E-state index is 0.278. The maximum atomic E-state index is 12.9. The summed E-state index contributed by atoms with van der Waals surface area (Å²) < 4.78 is 23.9. The molecule has 1 saturated heterocycles. The van der Waals surface area contributed by atoms with E-state index < -0.39 is 0 Å². The Labute approximate surface area is 101 Å². The van der Waals surface area contributed by atoms with Crippen molar-refractivity contribution in [2.24, 2.45) is 17.6 Å². The van der Waals surface area contributed by atoms with Gasteiger partial charge in [-0.15, -0.1) is 0 Å². The van der Waals surface area contributed by atoms with Crippen LogP contribution in [0.4, 0.5) is 4.39 Å². The molecule has 2 atom stereocenters. The molecule has 0 amide bonds. The minimum Gasteiger partial charge on any atom is -0.493 e. The van der Waals surface area contributed by atoms with Crippen LogP contribution in [0.2, 0.25) is 0 Å². The smallest absolute Gasteiger partial charge is 0.126 e. The average Bonchev–Trinajstić information content (AvgIpc) is 2.84. The van der Waals surface area contributed by atoms with E-state index in [0.717, 1.165) is 19.6 Å². The van der Waals surface area contributed by atoms with Gasteiger partial charge in [-0.3, -0.25) is 0 Å². The molecule has 0 radical (unpaired) electrons. The van der Waals surface area contributed by atoms with Crippen LogP contribution >= 0.6 is 0 Å². The van der Waals surface area contributed by atoms with Crippen molar-refractivity contribution in [3.05, 3.63) is 30.1 Å². The predicted molar refractivity (Wildman–Crippen MR) is 63.4 cm³/mol. The van der Waals surface area contributed by atoms with Gasteiger partial charge in [0, 0.05) is 25.2 Å². The molecule has 1 aromatic carbocycles. The molecular weight excluding hydrogens is 221 g/mol. The lowest BCUT2D eigenvalue weighted by atomic mass is 9.92. The second kappa shape index (κ2) is 5.98. The molecule has 0 aliphatic carbocycles. The highest BCUT2D eigenvalue weighted by Crippen LogP contribution is 2.22. The fourth-order valence-electron chi connectivity index (χ4n) is 2.08. The number of hydrogen-bond acceptors (Lipinski definition) is 3. The Morgan fingerprint density at radius 3 is 3.06 bits per heavy atom. The molecule has 2 rings (SSSR count). The third-order valence-corrected chi connectivity index (χ3v) is 3.19. The second-order valence-electron chi connectivity index (χ2n) is 4.39. The van der Waals surface area contributed by atoms with Gasteiger partial charge in [-0.1, -0.05) is 6.07 Å². The van der Waals surface area contributed by atoms with E-state index in [0.29, 0.717) is 24.8 Å². The Balaban J connectivity index is 1.87. The maximum absolute atomic E-state index is 12.9. The van der Waals surface area contributed by atoms with E-state index in [1.807, 2.05) is 0 Å². The first-order chi connectivity index (χ1) is 8.29. The number of halogens is 1. The Hall–Kier alpha value is -1.13. The van der Waals surface area contributed by atoms with Crippen LogP contribution in [-0.4, -0.2) is 26.4 Å². The van der Waals surface area contributed by atoms with Crippen molar-refractivity contribution in [2.45, 2.75) is 6.42 Å². The second-order valence-corrected chi connectivity index (χ2v) is 4.39. The van der Waals surface area contributed by atoms with Crippen molar-refractivity contribution in [3.63, 3.8) is 0 Å². The van der Waals surface area contributed by atoms with Gasteiger partial charge in [0.1, 0.15) is 11.6 Å². The van der Waals surface area contributed by atoms with Gasteiger partial charge in [0.15, 0.2) is 0 Å². The molecule has 0 aromatic heterocycles. The monoisotopic (exact) mass is 239 g/mol. The molecule has 2 N–H and O–H groups in total. The summed E-state index contributed by atoms with van der Waals surface area (Å²) in [5.74, 6) is 1.02. The largest absolute Gasteiger partial charge is 0.493 e. The van der Waals surface area contributed by atoms with Crippen LogP contribution in [0, 0.1) is 17.7 Å². The van der Waals surface area contributed by atoms with Gasteiger partial charge in [0.05, 0.1) is 6.61 Å². The molecule has 0 bridgehead atoms. The van der Waals surface area contributed by atoms with Crippen LogP contribution < -0.4 is 10.5 Å². The molecule has 1 aliphatic rings. The first-order valence-corrected chi connectivity index (χ1v) is 5.96. The van der Waals surface area contributed by atoms with Gasteiger partial charge in [-0.05, 0) is 31.0 Å². The standard InChI is InChI=1S/C13H18FNO2/c14-12-2-1-3-13(6-12)17-9-11(7-15)10-4-5-16-8-10/h1-3,6,10-11H,4-5,7-9,15H2. The van der Waals surface area contributed by atoms with E-state index >= 15 is 0 Å². The quantitative estimate of drug-likeness (QED) is 0.852. The molecule has 1 aromatic rings. The van der Waals surface area contributed by atoms with Crippen molar-refractivity contribution in [3.8, 4) is 5.75 Å². The Morgan fingerprint density at radius 2 is 2.41 bits per heavy atom. The molecule has 0 saturated carbocycles. The van der Waals surface area contributed by atoms with Crippen molar-refractivity contribution in [1.29, 1.82) is 0 Å². The lowest BCUT2D eigenvalue weighted by molar-refractivity contribution is 0.150. The molecule has 3 nitrogen and oxygen atoms in total. The highest BCUT2D eigenvalue weighted by molar-refractivity contribution is 5.22. The van der Waals surface area contributed by atoms with Crippen LogP contribution in [0.15, 0.2) is 24.3 Å². The zero-order valence-electron chi connectivity index (χ0n) is 9.77. The molecule has 94 valence electrons. The Morgan fingerprint density at radius 1 is 1.53 bits per heavy atom. The number of ether oxygens (including phenoxy) is 2. The van der Waals surface area contributed by atoms with Crippen LogP contribution in [-0.2, 0) is 4.74 Å². The lowest BCUT2D eigenvalue weighted by Crippen LogP contribution is -2.29. The maximum Gasteiger partial charge on any atom is 0.126 e. The van der Waals surface area contributed by atoms with Gasteiger partial charge >= 0.3 is 0 Å². The predicted octanol–water partition coefficient (Wildman–Crippen LogP) is 1.82. The van der Waals surface area contributed by atoms with Gasteiger partial charge in [0.25, 0.3) is 0 Å². The van der Waals surface area contributed by atoms with Crippen molar-refractivity contribution in [1.82, 2.24) is 0 Å². The van der Waals surface area contributed by atoms with E-state index in [4.69, 9.17) is 15.2 Å². The highest BCUT2D eigenvalue weighted by atomic mass is 19.1. The SMILES string of the molecule is NCC(COc1cccc(F)c1)C1CCOC1. The highest BCUT2D eigenvalue weighted by Gasteiger charge is 2.25. The molecule has 17 heavy (non-hydrogen) atoms. The normalized spacial score (nSPS) is 21.4. The molecule has 1 heterocycles. The minimum atomic E-state index is -0.281. The summed E-state index contributed by atoms with van der Waals surface area (Å²) >= 11 is 0. The Bertz CT molecular complexity index is 353. The van der Waals surface area contributed by atoms with Crippen molar-refractivity contribution < 1.29 is 13.9 Å². The fraction of sp³-hybridized carbons (Fsp3) is 0.538.